The molecule has 0 amide bonds. The smallest absolute Gasteiger partial charge is 0.332 e. The largest absolute Gasteiger partial charge is 0.478 e. The van der Waals surface area contributed by atoms with Gasteiger partial charge in [0.25, 0.3) is 0 Å². The van der Waals surface area contributed by atoms with Gasteiger partial charge in [0.05, 0.1) is 0 Å². The molecule has 3 nitrogen and oxygen atoms in total. The van der Waals surface area contributed by atoms with Crippen molar-refractivity contribution in [2.45, 2.75) is 32.1 Å². The molecule has 1 rings (SSSR count). The average Bonchev–Trinajstić information content (AvgIpc) is 2.15. The summed E-state index contributed by atoms with van der Waals surface area (Å²) in [7, 11) is 0. The highest BCUT2D eigenvalue weighted by Crippen LogP contribution is 2.25. The summed E-state index contributed by atoms with van der Waals surface area (Å²) in [5.74, 6) is -0.420. The fourth-order valence-corrected chi connectivity index (χ4v) is 1.81. The lowest BCUT2D eigenvalue weighted by molar-refractivity contribution is -0.132. The predicted molar refractivity (Wildman–Crippen MR) is 51.3 cm³/mol. The molecule has 1 fully saturated rings. The van der Waals surface area contributed by atoms with Crippen LogP contribution in [0.3, 0.4) is 0 Å². The fourth-order valence-electron chi connectivity index (χ4n) is 1.81. The maximum absolute atomic E-state index is 10.7. The van der Waals surface area contributed by atoms with Crippen molar-refractivity contribution >= 4 is 5.97 Å². The van der Waals surface area contributed by atoms with Gasteiger partial charge in [-0.3, -0.25) is 0 Å². The molecule has 0 bridgehead atoms. The van der Waals surface area contributed by atoms with Gasteiger partial charge in [-0.2, -0.15) is 0 Å². The van der Waals surface area contributed by atoms with Crippen molar-refractivity contribution in [3.63, 3.8) is 0 Å². The molecule has 1 aliphatic carbocycles. The molecule has 0 radical (unpaired) electrons. The summed E-state index contributed by atoms with van der Waals surface area (Å²) in [6.45, 7) is 0.145. The Morgan fingerprint density at radius 2 is 2.00 bits per heavy atom. The number of rotatable bonds is 3. The molecule has 0 spiro atoms. The van der Waals surface area contributed by atoms with Crippen LogP contribution in [0.15, 0.2) is 11.6 Å². The van der Waals surface area contributed by atoms with Gasteiger partial charge >= 0.3 is 5.97 Å². The normalized spacial score (nSPS) is 20.2. The van der Waals surface area contributed by atoms with E-state index in [2.05, 4.69) is 0 Å². The summed E-state index contributed by atoms with van der Waals surface area (Å²) in [5.41, 5.74) is 5.71. The molecule has 0 aromatic heterocycles. The van der Waals surface area contributed by atoms with Gasteiger partial charge in [0.2, 0.25) is 0 Å². The second-order valence-corrected chi connectivity index (χ2v) is 3.60. The van der Waals surface area contributed by atoms with Gasteiger partial charge in [-0.15, -0.1) is 0 Å². The number of aliphatic carboxylic acids is 1. The maximum Gasteiger partial charge on any atom is 0.332 e. The molecule has 0 aromatic carbocycles. The highest BCUT2D eigenvalue weighted by atomic mass is 16.4. The summed E-state index contributed by atoms with van der Waals surface area (Å²) in [5, 5.41) is 8.76. The van der Waals surface area contributed by atoms with Crippen molar-refractivity contribution < 1.29 is 9.90 Å². The van der Waals surface area contributed by atoms with Crippen LogP contribution >= 0.6 is 0 Å². The van der Waals surface area contributed by atoms with Crippen LogP contribution in [0, 0.1) is 5.92 Å². The molecule has 0 aliphatic heterocycles. The highest BCUT2D eigenvalue weighted by molar-refractivity contribution is 5.87. The molecule has 0 saturated heterocycles. The van der Waals surface area contributed by atoms with Crippen LogP contribution in [-0.4, -0.2) is 17.6 Å². The summed E-state index contributed by atoms with van der Waals surface area (Å²) in [4.78, 5) is 10.7. The standard InChI is InChI=1S/C10H17NO2/c11-7-9(10(12)13)6-8-4-2-1-3-5-8/h6,8H,1-5,7,11H2,(H,12,13). The second-order valence-electron chi connectivity index (χ2n) is 3.60. The molecular weight excluding hydrogens is 166 g/mol. The number of carboxylic acid groups (broad SMARTS) is 1. The van der Waals surface area contributed by atoms with Crippen LogP contribution in [0.2, 0.25) is 0 Å². The zero-order chi connectivity index (χ0) is 9.68. The van der Waals surface area contributed by atoms with E-state index in [1.54, 1.807) is 0 Å². The van der Waals surface area contributed by atoms with Gasteiger partial charge in [-0.25, -0.2) is 4.79 Å². The Morgan fingerprint density at radius 3 is 2.46 bits per heavy atom. The Kier molecular flexibility index (Phi) is 3.96. The first-order chi connectivity index (χ1) is 6.24. The van der Waals surface area contributed by atoms with E-state index in [0.717, 1.165) is 12.8 Å². The lowest BCUT2D eigenvalue weighted by atomic mass is 9.88. The fraction of sp³-hybridized carbons (Fsp3) is 0.700. The molecule has 0 aromatic rings. The van der Waals surface area contributed by atoms with Crippen molar-refractivity contribution in [3.05, 3.63) is 11.6 Å². The topological polar surface area (TPSA) is 63.3 Å². The lowest BCUT2D eigenvalue weighted by Gasteiger charge is -2.18. The molecule has 13 heavy (non-hydrogen) atoms. The van der Waals surface area contributed by atoms with E-state index in [1.807, 2.05) is 6.08 Å². The molecule has 1 saturated carbocycles. The molecule has 0 atom stereocenters. The Bertz CT molecular complexity index is 205. The molecule has 0 heterocycles. The van der Waals surface area contributed by atoms with Gasteiger partial charge in [-0.05, 0) is 18.8 Å². The first-order valence-corrected chi connectivity index (χ1v) is 4.88. The molecule has 1 aliphatic rings. The second kappa shape index (κ2) is 5.02. The molecular formula is C10H17NO2. The summed E-state index contributed by atoms with van der Waals surface area (Å²) < 4.78 is 0. The number of nitrogens with two attached hydrogens (primary N) is 1. The minimum absolute atomic E-state index is 0.145. The van der Waals surface area contributed by atoms with E-state index in [1.165, 1.54) is 19.3 Å². The van der Waals surface area contributed by atoms with E-state index in [0.29, 0.717) is 11.5 Å². The van der Waals surface area contributed by atoms with Gasteiger partial charge < -0.3 is 10.8 Å². The van der Waals surface area contributed by atoms with Crippen LogP contribution in [0.25, 0.3) is 0 Å². The Hall–Kier alpha value is -0.830. The minimum Gasteiger partial charge on any atom is -0.478 e. The van der Waals surface area contributed by atoms with Crippen LogP contribution in [0.5, 0.6) is 0 Å². The molecule has 0 unspecified atom stereocenters. The van der Waals surface area contributed by atoms with Crippen molar-refractivity contribution in [1.82, 2.24) is 0 Å². The molecule has 3 heteroatoms. The first-order valence-electron chi connectivity index (χ1n) is 4.88. The number of hydrogen-bond acceptors (Lipinski definition) is 2. The van der Waals surface area contributed by atoms with Gasteiger partial charge in [-0.1, -0.05) is 25.3 Å². The molecule has 74 valence electrons. The van der Waals surface area contributed by atoms with Crippen molar-refractivity contribution in [3.8, 4) is 0 Å². The number of hydrogen-bond donors (Lipinski definition) is 2. The summed E-state index contributed by atoms with van der Waals surface area (Å²) in [6.07, 6.45) is 7.82. The average molecular weight is 183 g/mol. The third-order valence-corrected chi connectivity index (χ3v) is 2.58. The third kappa shape index (κ3) is 3.19. The van der Waals surface area contributed by atoms with E-state index >= 15 is 0 Å². The SMILES string of the molecule is NCC(=CC1CCCCC1)C(=O)O. The first kappa shape index (κ1) is 10.3. The Morgan fingerprint density at radius 1 is 1.38 bits per heavy atom. The quantitative estimate of drug-likeness (QED) is 0.652. The van der Waals surface area contributed by atoms with E-state index < -0.39 is 5.97 Å². The lowest BCUT2D eigenvalue weighted by Crippen LogP contribution is -2.15. The van der Waals surface area contributed by atoms with Gasteiger partial charge in [0.15, 0.2) is 0 Å². The van der Waals surface area contributed by atoms with Crippen LogP contribution in [0.4, 0.5) is 0 Å². The van der Waals surface area contributed by atoms with Crippen LogP contribution in [0.1, 0.15) is 32.1 Å². The number of carboxylic acids is 1. The van der Waals surface area contributed by atoms with Gasteiger partial charge in [0, 0.05) is 12.1 Å². The zero-order valence-electron chi connectivity index (χ0n) is 7.83. The Labute approximate surface area is 78.6 Å². The van der Waals surface area contributed by atoms with Crippen molar-refractivity contribution in [1.29, 1.82) is 0 Å². The zero-order valence-corrected chi connectivity index (χ0v) is 7.83. The van der Waals surface area contributed by atoms with Crippen molar-refractivity contribution in [2.24, 2.45) is 11.7 Å². The predicted octanol–water partition coefficient (Wildman–Crippen LogP) is 1.54. The minimum atomic E-state index is -0.868. The van der Waals surface area contributed by atoms with Gasteiger partial charge in [0.1, 0.15) is 0 Å². The van der Waals surface area contributed by atoms with Crippen LogP contribution in [-0.2, 0) is 4.79 Å². The van der Waals surface area contributed by atoms with E-state index in [-0.39, 0.29) is 6.54 Å². The monoisotopic (exact) mass is 183 g/mol. The summed E-state index contributed by atoms with van der Waals surface area (Å²) >= 11 is 0. The maximum atomic E-state index is 10.7. The van der Waals surface area contributed by atoms with E-state index in [4.69, 9.17) is 10.8 Å². The number of allylic oxidation sites excluding steroid dienone is 1. The van der Waals surface area contributed by atoms with Crippen LogP contribution < -0.4 is 5.73 Å². The molecule has 3 N–H and O–H groups in total. The highest BCUT2D eigenvalue weighted by Gasteiger charge is 2.13. The van der Waals surface area contributed by atoms with E-state index in [9.17, 15) is 4.79 Å². The van der Waals surface area contributed by atoms with Crippen molar-refractivity contribution in [2.75, 3.05) is 6.54 Å². The summed E-state index contributed by atoms with van der Waals surface area (Å²) in [6, 6.07) is 0. The third-order valence-electron chi connectivity index (χ3n) is 2.58. The number of carbonyl (C=O) groups is 1. The Balaban J connectivity index is 2.54.